The van der Waals surface area contributed by atoms with E-state index in [0.717, 1.165) is 6.42 Å². The number of halogens is 1. The quantitative estimate of drug-likeness (QED) is 0.846. The lowest BCUT2D eigenvalue weighted by atomic mass is 9.82. The highest BCUT2D eigenvalue weighted by Gasteiger charge is 2.20. The van der Waals surface area contributed by atoms with Crippen molar-refractivity contribution in [2.75, 3.05) is 0 Å². The van der Waals surface area contributed by atoms with Crippen LogP contribution in [-0.4, -0.2) is 0 Å². The van der Waals surface area contributed by atoms with Gasteiger partial charge in [0.15, 0.2) is 0 Å². The Kier molecular flexibility index (Phi) is 6.39. The van der Waals surface area contributed by atoms with E-state index in [1.165, 1.54) is 33.4 Å². The van der Waals surface area contributed by atoms with Crippen LogP contribution in [-0.2, 0) is 0 Å². The molecule has 0 aliphatic rings. The molecule has 0 aromatic heterocycles. The second-order valence-corrected chi connectivity index (χ2v) is 5.45. The number of benzene rings is 1. The fraction of sp³-hybridized carbons (Fsp3) is 0.625. The SMILES string of the molecule is CCC(C)[C@@H](N)c1c(C)c(C)c(C)c(C)c1C.Cl. The van der Waals surface area contributed by atoms with Gasteiger partial charge < -0.3 is 5.73 Å². The first-order chi connectivity index (χ1) is 7.82. The van der Waals surface area contributed by atoms with Gasteiger partial charge in [-0.05, 0) is 73.9 Å². The Morgan fingerprint density at radius 3 is 1.50 bits per heavy atom. The van der Waals surface area contributed by atoms with E-state index in [-0.39, 0.29) is 18.4 Å². The smallest absolute Gasteiger partial charge is 0.0326 e. The second kappa shape index (κ2) is 6.58. The van der Waals surface area contributed by atoms with Crippen LogP contribution in [0.15, 0.2) is 0 Å². The zero-order valence-electron chi connectivity index (χ0n) is 12.8. The van der Waals surface area contributed by atoms with Crippen LogP contribution in [0.3, 0.4) is 0 Å². The maximum absolute atomic E-state index is 6.44. The summed E-state index contributed by atoms with van der Waals surface area (Å²) in [5, 5.41) is 0. The summed E-state index contributed by atoms with van der Waals surface area (Å²) in [6.45, 7) is 15.5. The molecule has 0 amide bonds. The lowest BCUT2D eigenvalue weighted by molar-refractivity contribution is 0.453. The molecule has 0 saturated carbocycles. The van der Waals surface area contributed by atoms with E-state index in [2.05, 4.69) is 48.5 Å². The summed E-state index contributed by atoms with van der Waals surface area (Å²) in [5.74, 6) is 0.536. The highest BCUT2D eigenvalue weighted by atomic mass is 35.5. The third-order valence-corrected chi connectivity index (χ3v) is 4.65. The molecule has 0 radical (unpaired) electrons. The second-order valence-electron chi connectivity index (χ2n) is 5.45. The molecule has 0 heterocycles. The van der Waals surface area contributed by atoms with E-state index in [0.29, 0.717) is 5.92 Å². The lowest BCUT2D eigenvalue weighted by Gasteiger charge is -2.26. The molecule has 2 N–H and O–H groups in total. The summed E-state index contributed by atoms with van der Waals surface area (Å²) >= 11 is 0. The molecule has 1 aromatic rings. The maximum Gasteiger partial charge on any atom is 0.0326 e. The van der Waals surface area contributed by atoms with Gasteiger partial charge in [-0.2, -0.15) is 0 Å². The minimum absolute atomic E-state index is 0. The number of nitrogens with two attached hydrogens (primary N) is 1. The third kappa shape index (κ3) is 2.89. The van der Waals surface area contributed by atoms with Crippen molar-refractivity contribution in [3.8, 4) is 0 Å². The van der Waals surface area contributed by atoms with E-state index in [1.807, 2.05) is 0 Å². The Morgan fingerprint density at radius 1 is 0.833 bits per heavy atom. The fourth-order valence-corrected chi connectivity index (χ4v) is 2.57. The van der Waals surface area contributed by atoms with Crippen molar-refractivity contribution in [2.45, 2.75) is 60.9 Å². The molecule has 0 aliphatic heterocycles. The fourth-order valence-electron chi connectivity index (χ4n) is 2.57. The molecule has 104 valence electrons. The van der Waals surface area contributed by atoms with Gasteiger partial charge in [-0.3, -0.25) is 0 Å². The van der Waals surface area contributed by atoms with Gasteiger partial charge in [0, 0.05) is 6.04 Å². The normalized spacial score (nSPS) is 14.0. The zero-order valence-corrected chi connectivity index (χ0v) is 13.7. The molecule has 1 unspecified atom stereocenters. The van der Waals surface area contributed by atoms with Crippen molar-refractivity contribution >= 4 is 12.4 Å². The molecule has 1 rings (SSSR count). The van der Waals surface area contributed by atoms with Crippen molar-refractivity contribution in [1.29, 1.82) is 0 Å². The van der Waals surface area contributed by atoms with E-state index in [1.54, 1.807) is 0 Å². The van der Waals surface area contributed by atoms with Gasteiger partial charge in [0.05, 0.1) is 0 Å². The van der Waals surface area contributed by atoms with Crippen LogP contribution in [0.5, 0.6) is 0 Å². The molecule has 1 nitrogen and oxygen atoms in total. The highest BCUT2D eigenvalue weighted by Crippen LogP contribution is 2.33. The minimum atomic E-state index is 0. The Morgan fingerprint density at radius 2 is 1.17 bits per heavy atom. The summed E-state index contributed by atoms with van der Waals surface area (Å²) in [6.07, 6.45) is 1.13. The summed E-state index contributed by atoms with van der Waals surface area (Å²) in [4.78, 5) is 0. The van der Waals surface area contributed by atoms with Gasteiger partial charge in [0.1, 0.15) is 0 Å². The number of hydrogen-bond acceptors (Lipinski definition) is 1. The van der Waals surface area contributed by atoms with Crippen molar-refractivity contribution in [2.24, 2.45) is 11.7 Å². The third-order valence-electron chi connectivity index (χ3n) is 4.65. The molecular formula is C16H28ClN. The van der Waals surface area contributed by atoms with Gasteiger partial charge in [-0.15, -0.1) is 12.4 Å². The topological polar surface area (TPSA) is 26.0 Å². The summed E-state index contributed by atoms with van der Waals surface area (Å²) in [6, 6.07) is 0.165. The molecular weight excluding hydrogens is 242 g/mol. The number of rotatable bonds is 3. The molecule has 0 bridgehead atoms. The predicted molar refractivity (Wildman–Crippen MR) is 83.8 cm³/mol. The minimum Gasteiger partial charge on any atom is -0.324 e. The van der Waals surface area contributed by atoms with Crippen LogP contribution >= 0.6 is 12.4 Å². The standard InChI is InChI=1S/C16H27N.ClH/c1-8-9(2)16(17)15-13(6)11(4)10(3)12(5)14(15)7;/h9,16H,8,17H2,1-7H3;1H/t9?,16-;/m1./s1. The Balaban J connectivity index is 0.00000289. The van der Waals surface area contributed by atoms with Crippen LogP contribution in [0.25, 0.3) is 0 Å². The molecule has 0 saturated heterocycles. The summed E-state index contributed by atoms with van der Waals surface area (Å²) in [5.41, 5.74) is 14.8. The summed E-state index contributed by atoms with van der Waals surface area (Å²) < 4.78 is 0. The van der Waals surface area contributed by atoms with Gasteiger partial charge in [0.25, 0.3) is 0 Å². The first kappa shape index (κ1) is 17.5. The Bertz CT molecular complexity index is 395. The largest absolute Gasteiger partial charge is 0.324 e. The van der Waals surface area contributed by atoms with Crippen molar-refractivity contribution in [3.63, 3.8) is 0 Å². The summed E-state index contributed by atoms with van der Waals surface area (Å²) in [7, 11) is 0. The number of hydrogen-bond donors (Lipinski definition) is 1. The van der Waals surface area contributed by atoms with Gasteiger partial charge in [-0.1, -0.05) is 20.3 Å². The first-order valence-corrected chi connectivity index (χ1v) is 6.65. The molecule has 0 spiro atoms. The average Bonchev–Trinajstić information content (AvgIpc) is 2.32. The van der Waals surface area contributed by atoms with Crippen molar-refractivity contribution in [1.82, 2.24) is 0 Å². The van der Waals surface area contributed by atoms with Crippen molar-refractivity contribution < 1.29 is 0 Å². The lowest BCUT2D eigenvalue weighted by Crippen LogP contribution is -2.22. The molecule has 0 fully saturated rings. The van der Waals surface area contributed by atoms with Crippen LogP contribution in [0, 0.1) is 40.5 Å². The maximum atomic E-state index is 6.44. The molecule has 2 atom stereocenters. The Labute approximate surface area is 119 Å². The highest BCUT2D eigenvalue weighted by molar-refractivity contribution is 5.85. The predicted octanol–water partition coefficient (Wildman–Crippen LogP) is 4.70. The van der Waals surface area contributed by atoms with E-state index in [4.69, 9.17) is 5.73 Å². The van der Waals surface area contributed by atoms with Crippen LogP contribution < -0.4 is 5.73 Å². The average molecular weight is 270 g/mol. The van der Waals surface area contributed by atoms with Crippen molar-refractivity contribution in [3.05, 3.63) is 33.4 Å². The van der Waals surface area contributed by atoms with Crippen LogP contribution in [0.1, 0.15) is 59.7 Å². The molecule has 0 aliphatic carbocycles. The van der Waals surface area contributed by atoms with E-state index >= 15 is 0 Å². The van der Waals surface area contributed by atoms with Crippen LogP contribution in [0.4, 0.5) is 0 Å². The zero-order chi connectivity index (χ0) is 13.3. The molecule has 1 aromatic carbocycles. The molecule has 18 heavy (non-hydrogen) atoms. The van der Waals surface area contributed by atoms with E-state index < -0.39 is 0 Å². The monoisotopic (exact) mass is 269 g/mol. The van der Waals surface area contributed by atoms with Gasteiger partial charge in [-0.25, -0.2) is 0 Å². The van der Waals surface area contributed by atoms with Gasteiger partial charge >= 0.3 is 0 Å². The van der Waals surface area contributed by atoms with E-state index in [9.17, 15) is 0 Å². The van der Waals surface area contributed by atoms with Gasteiger partial charge in [0.2, 0.25) is 0 Å². The molecule has 2 heteroatoms. The Hall–Kier alpha value is -0.530. The van der Waals surface area contributed by atoms with Crippen LogP contribution in [0.2, 0.25) is 0 Å². The first-order valence-electron chi connectivity index (χ1n) is 6.65.